The molecule has 4 N–H and O–H groups in total. The van der Waals surface area contributed by atoms with Gasteiger partial charge in [0.15, 0.2) is 11.8 Å². The predicted octanol–water partition coefficient (Wildman–Crippen LogP) is 1.59. The molecule has 10 nitrogen and oxygen atoms in total. The number of aliphatic hydroxyl groups excluding tert-OH is 2. The maximum absolute atomic E-state index is 13.8. The summed E-state index contributed by atoms with van der Waals surface area (Å²) in [6.45, 7) is 1.51. The number of hydrogen-bond donors (Lipinski definition) is 4. The topological polar surface area (TPSA) is 143 Å². The molecule has 3 aromatic carbocycles. The molecule has 1 aromatic heterocycles. The number of aliphatic hydroxyl groups is 3. The molecule has 0 saturated carbocycles. The summed E-state index contributed by atoms with van der Waals surface area (Å²) in [5.74, 6) is -2.53. The average molecular weight is 561 g/mol. The zero-order valence-electron chi connectivity index (χ0n) is 22.8. The van der Waals surface area contributed by atoms with Gasteiger partial charge in [0.25, 0.3) is 5.56 Å². The first-order chi connectivity index (χ1) is 19.7. The molecule has 0 unspecified atom stereocenters. The van der Waals surface area contributed by atoms with Crippen molar-refractivity contribution in [1.82, 2.24) is 9.55 Å². The van der Waals surface area contributed by atoms with Crippen molar-refractivity contribution in [3.63, 3.8) is 0 Å². The molecule has 1 saturated heterocycles. The van der Waals surface area contributed by atoms with Crippen molar-refractivity contribution in [2.75, 3.05) is 14.2 Å². The second kappa shape index (κ2) is 10.8. The van der Waals surface area contributed by atoms with Crippen LogP contribution in [0.1, 0.15) is 22.3 Å². The molecule has 2 heterocycles. The summed E-state index contributed by atoms with van der Waals surface area (Å²) in [6.07, 6.45) is -4.17. The summed E-state index contributed by atoms with van der Waals surface area (Å²) >= 11 is 0. The lowest BCUT2D eigenvalue weighted by molar-refractivity contribution is -0.396. The summed E-state index contributed by atoms with van der Waals surface area (Å²) in [7, 11) is 2.31. The van der Waals surface area contributed by atoms with Crippen LogP contribution in [0.15, 0.2) is 107 Å². The van der Waals surface area contributed by atoms with Crippen molar-refractivity contribution < 1.29 is 29.5 Å². The van der Waals surface area contributed by atoms with Crippen LogP contribution in [0.2, 0.25) is 0 Å². The van der Waals surface area contributed by atoms with Crippen molar-refractivity contribution in [3.05, 3.63) is 140 Å². The Morgan fingerprint density at radius 2 is 1.27 bits per heavy atom. The Morgan fingerprint density at radius 1 is 0.829 bits per heavy atom. The van der Waals surface area contributed by atoms with Gasteiger partial charge in [0.2, 0.25) is 0 Å². The molecule has 1 aliphatic rings. The Hall–Kier alpha value is -3.90. The number of benzene rings is 3. The van der Waals surface area contributed by atoms with E-state index in [-0.39, 0.29) is 5.56 Å². The highest BCUT2D eigenvalue weighted by Gasteiger charge is 2.71. The lowest BCUT2D eigenvalue weighted by Gasteiger charge is -2.51. The molecule has 0 aliphatic carbocycles. The van der Waals surface area contributed by atoms with Crippen LogP contribution in [-0.2, 0) is 25.4 Å². The zero-order chi connectivity index (χ0) is 29.4. The largest absolute Gasteiger partial charge is 0.387 e. The van der Waals surface area contributed by atoms with Gasteiger partial charge in [0.1, 0.15) is 12.2 Å². The van der Waals surface area contributed by atoms with Crippen molar-refractivity contribution in [2.24, 2.45) is 0 Å². The number of aromatic amines is 1. The maximum Gasteiger partial charge on any atom is 0.330 e. The van der Waals surface area contributed by atoms with E-state index < -0.39 is 46.7 Å². The Balaban J connectivity index is 2.04. The normalized spacial score (nSPS) is 23.0. The first-order valence-electron chi connectivity index (χ1n) is 13.0. The summed E-state index contributed by atoms with van der Waals surface area (Å²) in [6, 6.07) is 27.2. The number of H-pyrrole nitrogens is 1. The van der Waals surface area contributed by atoms with Gasteiger partial charge in [-0.3, -0.25) is 14.3 Å². The zero-order valence-corrected chi connectivity index (χ0v) is 22.8. The van der Waals surface area contributed by atoms with E-state index in [9.17, 15) is 24.9 Å². The van der Waals surface area contributed by atoms with Crippen LogP contribution < -0.4 is 11.2 Å². The molecule has 214 valence electrons. The van der Waals surface area contributed by atoms with Gasteiger partial charge >= 0.3 is 11.7 Å². The fourth-order valence-corrected chi connectivity index (χ4v) is 6.02. The van der Waals surface area contributed by atoms with Crippen LogP contribution in [0.3, 0.4) is 0 Å². The number of ether oxygens (including phenoxy) is 3. The van der Waals surface area contributed by atoms with Gasteiger partial charge in [-0.05, 0) is 23.6 Å². The third-order valence-electron chi connectivity index (χ3n) is 7.92. The lowest BCUT2D eigenvalue weighted by Crippen LogP contribution is -2.64. The van der Waals surface area contributed by atoms with Crippen LogP contribution in [0.25, 0.3) is 0 Å². The van der Waals surface area contributed by atoms with Gasteiger partial charge in [-0.1, -0.05) is 91.0 Å². The van der Waals surface area contributed by atoms with Gasteiger partial charge < -0.3 is 29.5 Å². The van der Waals surface area contributed by atoms with Crippen molar-refractivity contribution in [2.45, 2.75) is 42.3 Å². The molecular weight excluding hydrogens is 528 g/mol. The summed E-state index contributed by atoms with van der Waals surface area (Å²) in [5, 5.41) is 35.1. The van der Waals surface area contributed by atoms with Gasteiger partial charge in [0.05, 0.1) is 5.41 Å². The summed E-state index contributed by atoms with van der Waals surface area (Å²) in [5.41, 5.74) is -3.45. The van der Waals surface area contributed by atoms with E-state index in [0.717, 1.165) is 18.8 Å². The van der Waals surface area contributed by atoms with Crippen LogP contribution in [0, 0.1) is 6.92 Å². The van der Waals surface area contributed by atoms with Crippen LogP contribution >= 0.6 is 0 Å². The Morgan fingerprint density at radius 3 is 1.68 bits per heavy atom. The number of aromatic nitrogens is 2. The predicted molar refractivity (Wildman–Crippen MR) is 149 cm³/mol. The highest BCUT2D eigenvalue weighted by atomic mass is 16.8. The van der Waals surface area contributed by atoms with E-state index in [1.54, 1.807) is 36.4 Å². The quantitative estimate of drug-likeness (QED) is 0.188. The van der Waals surface area contributed by atoms with E-state index in [1.807, 2.05) is 54.6 Å². The summed E-state index contributed by atoms with van der Waals surface area (Å²) in [4.78, 5) is 28.6. The first-order valence-corrected chi connectivity index (χ1v) is 13.0. The molecule has 1 aliphatic heterocycles. The minimum absolute atomic E-state index is 0.148. The number of nitrogens with one attached hydrogen (secondary N) is 1. The number of rotatable bonds is 8. The van der Waals surface area contributed by atoms with E-state index in [0.29, 0.717) is 16.7 Å². The molecule has 5 rings (SSSR count). The minimum Gasteiger partial charge on any atom is -0.387 e. The van der Waals surface area contributed by atoms with Crippen molar-refractivity contribution in [3.8, 4) is 0 Å². The highest BCUT2D eigenvalue weighted by molar-refractivity contribution is 5.54. The highest BCUT2D eigenvalue weighted by Crippen LogP contribution is 2.57. The Labute approximate surface area is 236 Å². The number of nitrogens with zero attached hydrogens (tertiary/aromatic N) is 1. The molecule has 0 radical (unpaired) electrons. The average Bonchev–Trinajstić information content (AvgIpc) is 3.28. The molecule has 0 amide bonds. The van der Waals surface area contributed by atoms with Crippen LogP contribution in [0.5, 0.6) is 0 Å². The molecule has 4 aromatic rings. The fraction of sp³-hybridized carbons (Fsp3) is 0.290. The number of aryl methyl sites for hydroxylation is 1. The fourth-order valence-electron chi connectivity index (χ4n) is 6.02. The van der Waals surface area contributed by atoms with E-state index in [1.165, 1.54) is 13.1 Å². The smallest absolute Gasteiger partial charge is 0.330 e. The van der Waals surface area contributed by atoms with Crippen LogP contribution in [0.4, 0.5) is 0 Å². The first kappa shape index (κ1) is 28.6. The monoisotopic (exact) mass is 560 g/mol. The van der Waals surface area contributed by atoms with E-state index >= 15 is 0 Å². The van der Waals surface area contributed by atoms with Gasteiger partial charge in [-0.15, -0.1) is 0 Å². The third kappa shape index (κ3) is 4.19. The van der Waals surface area contributed by atoms with Crippen LogP contribution in [-0.4, -0.2) is 63.4 Å². The standard InChI is InChI=1S/C31H32N2O8/c1-20-19-33(28(37)32-27(20)36)30(25(35)24(34)26(41-30)31(38,39-2)40-3)29(21-13-7-4-8-14-21,22-15-9-5-10-16-22)23-17-11-6-12-18-23/h4-19,24-26,34-35,38H,1-3H3,(H,32,36,37)/t24-,25+,26-,30-/m0/s1. The number of methoxy groups -OCH3 is 2. The summed E-state index contributed by atoms with van der Waals surface area (Å²) < 4.78 is 18.2. The minimum atomic E-state index is -2.53. The van der Waals surface area contributed by atoms with Gasteiger partial charge in [0, 0.05) is 26.0 Å². The third-order valence-corrected chi connectivity index (χ3v) is 7.92. The number of hydrogen-bond acceptors (Lipinski definition) is 8. The molecule has 10 heteroatoms. The SMILES string of the molecule is COC(O)(OC)[C@H]1O[C@](n2cc(C)c(=O)[nH]c2=O)(C(c2ccccc2)(c2ccccc2)c2ccccc2)[C@H](O)[C@@H]1O. The molecule has 0 spiro atoms. The molecule has 41 heavy (non-hydrogen) atoms. The van der Waals surface area contributed by atoms with E-state index in [2.05, 4.69) is 4.98 Å². The Kier molecular flexibility index (Phi) is 7.56. The lowest BCUT2D eigenvalue weighted by atomic mass is 9.60. The van der Waals surface area contributed by atoms with Gasteiger partial charge in [-0.25, -0.2) is 4.79 Å². The van der Waals surface area contributed by atoms with E-state index in [4.69, 9.17) is 14.2 Å². The van der Waals surface area contributed by atoms with Gasteiger partial charge in [-0.2, -0.15) is 0 Å². The molecule has 0 bridgehead atoms. The van der Waals surface area contributed by atoms with Crippen molar-refractivity contribution in [1.29, 1.82) is 0 Å². The van der Waals surface area contributed by atoms with Crippen molar-refractivity contribution >= 4 is 0 Å². The maximum atomic E-state index is 13.8. The molecule has 1 fully saturated rings. The second-order valence-electron chi connectivity index (χ2n) is 10.00. The second-order valence-corrected chi connectivity index (χ2v) is 10.00. The Bertz CT molecular complexity index is 1510. The molecular formula is C31H32N2O8. The molecule has 4 atom stereocenters.